The molecule has 122 valence electrons. The molecule has 0 aromatic carbocycles. The van der Waals surface area contributed by atoms with Crippen LogP contribution in [0.2, 0.25) is 0 Å². The van der Waals surface area contributed by atoms with Crippen molar-refractivity contribution in [1.82, 2.24) is 25.1 Å². The molecule has 6 heteroatoms. The molecule has 1 unspecified atom stereocenters. The van der Waals surface area contributed by atoms with Crippen LogP contribution in [0.5, 0.6) is 0 Å². The zero-order valence-electron chi connectivity index (χ0n) is 13.4. The van der Waals surface area contributed by atoms with E-state index in [0.29, 0.717) is 11.8 Å². The lowest BCUT2D eigenvalue weighted by Gasteiger charge is -2.33. The van der Waals surface area contributed by atoms with Gasteiger partial charge >= 0.3 is 0 Å². The summed E-state index contributed by atoms with van der Waals surface area (Å²) in [5.74, 6) is 1.22. The van der Waals surface area contributed by atoms with Crippen molar-refractivity contribution in [2.75, 3.05) is 6.54 Å². The number of pyridine rings is 2. The second-order valence-corrected chi connectivity index (χ2v) is 6.03. The van der Waals surface area contributed by atoms with Gasteiger partial charge in [0.2, 0.25) is 11.8 Å². The van der Waals surface area contributed by atoms with Gasteiger partial charge in [0.15, 0.2) is 0 Å². The Morgan fingerprint density at radius 1 is 1.04 bits per heavy atom. The second kappa shape index (κ2) is 6.88. The molecule has 0 radical (unpaired) electrons. The Labute approximate surface area is 140 Å². The number of likely N-dealkylation sites (tertiary alicyclic amines) is 1. The first-order chi connectivity index (χ1) is 11.9. The van der Waals surface area contributed by atoms with Gasteiger partial charge in [-0.05, 0) is 43.1 Å². The molecule has 1 atom stereocenters. The van der Waals surface area contributed by atoms with Crippen LogP contribution >= 0.6 is 0 Å². The Kier molecular flexibility index (Phi) is 4.29. The number of aromatic nitrogens is 4. The molecule has 3 aromatic heterocycles. The normalized spacial score (nSPS) is 18.6. The SMILES string of the molecule is c1cncc(CN2CCCCC2c2nnc(-c3cccnc3)o2)c1. The van der Waals surface area contributed by atoms with E-state index in [0.717, 1.165) is 25.1 Å². The standard InChI is InChI=1S/C18H19N5O/c1-2-10-23(13-14-5-3-8-19-11-14)16(7-1)18-22-21-17(24-18)15-6-4-9-20-12-15/h3-6,8-9,11-12,16H,1-2,7,10,13H2. The molecule has 6 nitrogen and oxygen atoms in total. The van der Waals surface area contributed by atoms with Crippen LogP contribution in [-0.4, -0.2) is 31.6 Å². The third kappa shape index (κ3) is 3.19. The van der Waals surface area contributed by atoms with Gasteiger partial charge in [-0.15, -0.1) is 10.2 Å². The summed E-state index contributed by atoms with van der Waals surface area (Å²) < 4.78 is 5.96. The van der Waals surface area contributed by atoms with Crippen LogP contribution in [0.15, 0.2) is 53.5 Å². The van der Waals surface area contributed by atoms with Crippen molar-refractivity contribution in [1.29, 1.82) is 0 Å². The van der Waals surface area contributed by atoms with E-state index in [4.69, 9.17) is 4.42 Å². The Bertz CT molecular complexity index is 774. The average Bonchev–Trinajstić information content (AvgIpc) is 3.14. The molecular weight excluding hydrogens is 302 g/mol. The molecule has 24 heavy (non-hydrogen) atoms. The minimum Gasteiger partial charge on any atom is -0.419 e. The maximum Gasteiger partial charge on any atom is 0.249 e. The Balaban J connectivity index is 1.56. The molecule has 4 heterocycles. The van der Waals surface area contributed by atoms with E-state index in [9.17, 15) is 0 Å². The Hall–Kier alpha value is -2.60. The van der Waals surface area contributed by atoms with Crippen LogP contribution in [0.3, 0.4) is 0 Å². The molecule has 1 aliphatic rings. The quantitative estimate of drug-likeness (QED) is 0.735. The van der Waals surface area contributed by atoms with Gasteiger partial charge in [-0.25, -0.2) is 0 Å². The molecule has 0 amide bonds. The summed E-state index contributed by atoms with van der Waals surface area (Å²) in [6.07, 6.45) is 10.6. The maximum atomic E-state index is 5.96. The van der Waals surface area contributed by atoms with E-state index in [2.05, 4.69) is 31.1 Å². The molecular formula is C18H19N5O. The lowest BCUT2D eigenvalue weighted by molar-refractivity contribution is 0.118. The molecule has 1 saturated heterocycles. The molecule has 0 spiro atoms. The van der Waals surface area contributed by atoms with Crippen LogP contribution < -0.4 is 0 Å². The van der Waals surface area contributed by atoms with E-state index in [-0.39, 0.29) is 6.04 Å². The van der Waals surface area contributed by atoms with E-state index >= 15 is 0 Å². The Morgan fingerprint density at radius 3 is 2.71 bits per heavy atom. The van der Waals surface area contributed by atoms with E-state index in [1.807, 2.05) is 24.4 Å². The lowest BCUT2D eigenvalue weighted by Crippen LogP contribution is -2.33. The number of rotatable bonds is 4. The van der Waals surface area contributed by atoms with Crippen molar-refractivity contribution in [3.05, 3.63) is 60.5 Å². The molecule has 0 aliphatic carbocycles. The van der Waals surface area contributed by atoms with Gasteiger partial charge in [0.1, 0.15) is 0 Å². The highest BCUT2D eigenvalue weighted by molar-refractivity contribution is 5.49. The van der Waals surface area contributed by atoms with Gasteiger partial charge in [0.25, 0.3) is 0 Å². The first-order valence-electron chi connectivity index (χ1n) is 8.27. The van der Waals surface area contributed by atoms with Gasteiger partial charge in [0, 0.05) is 31.3 Å². The highest BCUT2D eigenvalue weighted by Crippen LogP contribution is 2.32. The lowest BCUT2D eigenvalue weighted by atomic mass is 10.0. The zero-order valence-corrected chi connectivity index (χ0v) is 13.4. The third-order valence-electron chi connectivity index (χ3n) is 4.36. The van der Waals surface area contributed by atoms with E-state index < -0.39 is 0 Å². The van der Waals surface area contributed by atoms with Crippen molar-refractivity contribution < 1.29 is 4.42 Å². The number of nitrogens with zero attached hydrogens (tertiary/aromatic N) is 5. The number of hydrogen-bond donors (Lipinski definition) is 0. The minimum atomic E-state index is 0.164. The fourth-order valence-electron chi connectivity index (χ4n) is 3.16. The number of hydrogen-bond acceptors (Lipinski definition) is 6. The van der Waals surface area contributed by atoms with Crippen molar-refractivity contribution in [3.8, 4) is 11.5 Å². The summed E-state index contributed by atoms with van der Waals surface area (Å²) in [5.41, 5.74) is 2.06. The van der Waals surface area contributed by atoms with Crippen molar-refractivity contribution in [2.24, 2.45) is 0 Å². The smallest absolute Gasteiger partial charge is 0.249 e. The number of piperidine rings is 1. The molecule has 0 N–H and O–H groups in total. The minimum absolute atomic E-state index is 0.164. The van der Waals surface area contributed by atoms with Crippen molar-refractivity contribution in [3.63, 3.8) is 0 Å². The molecule has 0 saturated carbocycles. The van der Waals surface area contributed by atoms with Crippen LogP contribution in [0.1, 0.15) is 36.8 Å². The second-order valence-electron chi connectivity index (χ2n) is 6.03. The fraction of sp³-hybridized carbons (Fsp3) is 0.333. The average molecular weight is 321 g/mol. The predicted molar refractivity (Wildman–Crippen MR) is 88.8 cm³/mol. The summed E-state index contributed by atoms with van der Waals surface area (Å²) in [4.78, 5) is 10.7. The molecule has 3 aromatic rings. The zero-order chi connectivity index (χ0) is 16.2. The van der Waals surface area contributed by atoms with Gasteiger partial charge in [-0.2, -0.15) is 0 Å². The van der Waals surface area contributed by atoms with Crippen molar-refractivity contribution in [2.45, 2.75) is 31.8 Å². The summed E-state index contributed by atoms with van der Waals surface area (Å²) in [6.45, 7) is 1.88. The predicted octanol–water partition coefficient (Wildman–Crippen LogP) is 3.25. The summed E-state index contributed by atoms with van der Waals surface area (Å²) in [7, 11) is 0. The Morgan fingerprint density at radius 2 is 1.92 bits per heavy atom. The molecule has 4 rings (SSSR count). The monoisotopic (exact) mass is 321 g/mol. The first-order valence-corrected chi connectivity index (χ1v) is 8.27. The summed E-state index contributed by atoms with van der Waals surface area (Å²) in [6, 6.07) is 8.04. The molecule has 1 aliphatic heterocycles. The highest BCUT2D eigenvalue weighted by atomic mass is 16.4. The molecule has 1 fully saturated rings. The molecule has 0 bridgehead atoms. The highest BCUT2D eigenvalue weighted by Gasteiger charge is 2.28. The summed E-state index contributed by atoms with van der Waals surface area (Å²) >= 11 is 0. The first kappa shape index (κ1) is 15.0. The van der Waals surface area contributed by atoms with E-state index in [1.165, 1.54) is 18.4 Å². The van der Waals surface area contributed by atoms with Crippen molar-refractivity contribution >= 4 is 0 Å². The fourth-order valence-corrected chi connectivity index (χ4v) is 3.16. The third-order valence-corrected chi connectivity index (χ3v) is 4.36. The topological polar surface area (TPSA) is 67.9 Å². The van der Waals surface area contributed by atoms with Gasteiger partial charge < -0.3 is 4.42 Å². The van der Waals surface area contributed by atoms with E-state index in [1.54, 1.807) is 18.6 Å². The summed E-state index contributed by atoms with van der Waals surface area (Å²) in [5, 5.41) is 8.51. The maximum absolute atomic E-state index is 5.96. The van der Waals surface area contributed by atoms with Gasteiger partial charge in [-0.3, -0.25) is 14.9 Å². The van der Waals surface area contributed by atoms with Gasteiger partial charge in [0.05, 0.1) is 11.6 Å². The van der Waals surface area contributed by atoms with Crippen LogP contribution in [0.4, 0.5) is 0 Å². The van der Waals surface area contributed by atoms with Crippen LogP contribution in [0, 0.1) is 0 Å². The van der Waals surface area contributed by atoms with Gasteiger partial charge in [-0.1, -0.05) is 12.5 Å². The largest absolute Gasteiger partial charge is 0.419 e. The van der Waals surface area contributed by atoms with Crippen LogP contribution in [-0.2, 0) is 6.54 Å². The van der Waals surface area contributed by atoms with Crippen LogP contribution in [0.25, 0.3) is 11.5 Å².